The fourth-order valence-electron chi connectivity index (χ4n) is 6.24. The normalized spacial score (nSPS) is 13.6. The van der Waals surface area contributed by atoms with Gasteiger partial charge in [0.05, 0.1) is 34.2 Å². The quantitative estimate of drug-likeness (QED) is 0.0201. The van der Waals surface area contributed by atoms with Gasteiger partial charge in [-0.1, -0.05) is 170 Å². The molecule has 0 aliphatic carbocycles. The molecular formula is C50H86NO7+. The Morgan fingerprint density at radius 3 is 1.41 bits per heavy atom. The average Bonchev–Trinajstić information content (AvgIpc) is 3.16. The van der Waals surface area contributed by atoms with E-state index in [0.717, 1.165) is 51.4 Å². The van der Waals surface area contributed by atoms with E-state index in [-0.39, 0.29) is 32.0 Å². The van der Waals surface area contributed by atoms with Crippen LogP contribution in [0, 0.1) is 0 Å². The van der Waals surface area contributed by atoms with Crippen molar-refractivity contribution < 1.29 is 37.8 Å². The number of rotatable bonds is 39. The maximum absolute atomic E-state index is 12.8. The van der Waals surface area contributed by atoms with Crippen molar-refractivity contribution in [3.8, 4) is 0 Å². The predicted octanol–water partition coefficient (Wildman–Crippen LogP) is 12.4. The molecule has 0 aliphatic heterocycles. The molecule has 2 unspecified atom stereocenters. The molecule has 0 fully saturated rings. The van der Waals surface area contributed by atoms with Crippen LogP contribution in [0.2, 0.25) is 0 Å². The van der Waals surface area contributed by atoms with Gasteiger partial charge in [0.2, 0.25) is 0 Å². The number of allylic oxidation sites excluding steroid dienone is 12. The van der Waals surface area contributed by atoms with Crippen LogP contribution in [0.1, 0.15) is 168 Å². The van der Waals surface area contributed by atoms with Crippen LogP contribution in [0.5, 0.6) is 0 Å². The molecule has 0 radical (unpaired) electrons. The lowest BCUT2D eigenvalue weighted by atomic mass is 10.0. The lowest BCUT2D eigenvalue weighted by Crippen LogP contribution is -2.44. The number of quaternary nitrogens is 1. The van der Waals surface area contributed by atoms with Crippen molar-refractivity contribution in [1.82, 2.24) is 0 Å². The minimum absolute atomic E-state index is 0.0711. The summed E-state index contributed by atoms with van der Waals surface area (Å²) < 4.78 is 23.1. The van der Waals surface area contributed by atoms with E-state index < -0.39 is 24.1 Å². The monoisotopic (exact) mass is 813 g/mol. The summed E-state index contributed by atoms with van der Waals surface area (Å²) in [5, 5.41) is 0. The molecule has 0 saturated heterocycles. The maximum atomic E-state index is 12.8. The van der Waals surface area contributed by atoms with E-state index in [4.69, 9.17) is 18.9 Å². The Balaban J connectivity index is 4.58. The van der Waals surface area contributed by atoms with Crippen molar-refractivity contribution in [3.63, 3.8) is 0 Å². The number of ether oxygens (including phenoxy) is 4. The van der Waals surface area contributed by atoms with Gasteiger partial charge in [0.25, 0.3) is 0 Å². The summed E-state index contributed by atoms with van der Waals surface area (Å²) in [6.45, 7) is 6.82. The topological polar surface area (TPSA) is 88.1 Å². The first kappa shape index (κ1) is 54.8. The zero-order valence-corrected chi connectivity index (χ0v) is 38.0. The number of carbonyl (C=O) groups is 3. The van der Waals surface area contributed by atoms with Gasteiger partial charge in [-0.15, -0.1) is 0 Å². The van der Waals surface area contributed by atoms with Crippen molar-refractivity contribution in [2.24, 2.45) is 0 Å². The fourth-order valence-corrected chi connectivity index (χ4v) is 6.24. The molecular weight excluding hydrogens is 727 g/mol. The van der Waals surface area contributed by atoms with Crippen LogP contribution in [0.3, 0.4) is 0 Å². The summed E-state index contributed by atoms with van der Waals surface area (Å²) in [7, 11) is 5.90. The van der Waals surface area contributed by atoms with Gasteiger partial charge >= 0.3 is 17.9 Å². The third-order valence-corrected chi connectivity index (χ3v) is 9.26. The molecule has 0 aromatic carbocycles. The molecule has 0 aromatic heterocycles. The van der Waals surface area contributed by atoms with Crippen LogP contribution in [-0.2, 0) is 33.3 Å². The van der Waals surface area contributed by atoms with E-state index in [1.807, 2.05) is 27.2 Å². The number of hydrogen-bond donors (Lipinski definition) is 0. The van der Waals surface area contributed by atoms with Crippen molar-refractivity contribution >= 4 is 17.9 Å². The summed E-state index contributed by atoms with van der Waals surface area (Å²) in [6.07, 6.45) is 49.0. The van der Waals surface area contributed by atoms with Gasteiger partial charge in [-0.2, -0.15) is 0 Å². The van der Waals surface area contributed by atoms with E-state index >= 15 is 0 Å². The third kappa shape index (κ3) is 42.4. The van der Waals surface area contributed by atoms with Crippen LogP contribution >= 0.6 is 0 Å². The summed E-state index contributed by atoms with van der Waals surface area (Å²) >= 11 is 0. The molecule has 0 aromatic rings. The van der Waals surface area contributed by atoms with Crippen molar-refractivity contribution in [1.29, 1.82) is 0 Å². The van der Waals surface area contributed by atoms with Gasteiger partial charge in [-0.05, 0) is 51.4 Å². The first-order valence-electron chi connectivity index (χ1n) is 22.9. The number of esters is 3. The number of unbranched alkanes of at least 4 members (excludes halogenated alkanes) is 13. The molecule has 8 heteroatoms. The van der Waals surface area contributed by atoms with Gasteiger partial charge in [-0.3, -0.25) is 14.4 Å². The number of likely N-dealkylation sites (N-methyl/N-ethyl adjacent to an activating group) is 1. The zero-order valence-electron chi connectivity index (χ0n) is 38.0. The highest BCUT2D eigenvalue weighted by atomic mass is 16.6. The fraction of sp³-hybridized carbons (Fsp3) is 0.700. The summed E-state index contributed by atoms with van der Waals surface area (Å²) in [4.78, 5) is 37.2. The van der Waals surface area contributed by atoms with Crippen molar-refractivity contribution in [2.45, 2.75) is 181 Å². The van der Waals surface area contributed by atoms with E-state index in [0.29, 0.717) is 24.1 Å². The molecule has 8 nitrogen and oxygen atoms in total. The Morgan fingerprint density at radius 2 is 0.966 bits per heavy atom. The van der Waals surface area contributed by atoms with Crippen LogP contribution in [0.4, 0.5) is 0 Å². The lowest BCUT2D eigenvalue weighted by molar-refractivity contribution is -0.873. The standard InChI is InChI=1S/C50H86NO7/c1-7-9-11-13-15-17-19-21-23-24-25-26-27-28-30-32-34-36-38-40-49(53)58-48(45-56-50(54)42-47(57-46(3)52)43-51(4,5)6)44-55-41-39-37-35-33-31-29-22-20-18-16-14-12-10-8-2/h9,11,15,17,21,23,25-26,28,30,34,36,47-48H,7-8,10,12-14,16,18-20,22,24,27,29,31-33,35,37-45H2,1-6H3/q+1/b11-9-,17-15-,23-21-,26-25-,30-28-,36-34-. The van der Waals surface area contributed by atoms with E-state index in [9.17, 15) is 14.4 Å². The predicted molar refractivity (Wildman–Crippen MR) is 242 cm³/mol. The lowest BCUT2D eigenvalue weighted by Gasteiger charge is -2.28. The first-order chi connectivity index (χ1) is 28.1. The highest BCUT2D eigenvalue weighted by Crippen LogP contribution is 2.14. The van der Waals surface area contributed by atoms with E-state index in [2.05, 4.69) is 80.7 Å². The van der Waals surface area contributed by atoms with Crippen LogP contribution in [-0.4, -0.2) is 82.1 Å². The summed E-state index contributed by atoms with van der Waals surface area (Å²) in [5.74, 6) is -1.31. The maximum Gasteiger partial charge on any atom is 0.309 e. The highest BCUT2D eigenvalue weighted by molar-refractivity contribution is 5.72. The smallest absolute Gasteiger partial charge is 0.309 e. The minimum Gasteiger partial charge on any atom is -0.462 e. The molecule has 0 amide bonds. The van der Waals surface area contributed by atoms with E-state index in [1.165, 1.54) is 84.0 Å². The molecule has 0 spiro atoms. The van der Waals surface area contributed by atoms with Gasteiger partial charge in [0.15, 0.2) is 12.2 Å². The first-order valence-corrected chi connectivity index (χ1v) is 22.9. The Morgan fingerprint density at radius 1 is 0.517 bits per heavy atom. The zero-order chi connectivity index (χ0) is 42.8. The second-order valence-electron chi connectivity index (χ2n) is 16.3. The van der Waals surface area contributed by atoms with Gasteiger partial charge in [0.1, 0.15) is 13.2 Å². The molecule has 0 heterocycles. The average molecular weight is 813 g/mol. The highest BCUT2D eigenvalue weighted by Gasteiger charge is 2.26. The molecule has 58 heavy (non-hydrogen) atoms. The second-order valence-corrected chi connectivity index (χ2v) is 16.3. The van der Waals surface area contributed by atoms with Crippen LogP contribution < -0.4 is 0 Å². The van der Waals surface area contributed by atoms with Gasteiger partial charge in [-0.25, -0.2) is 0 Å². The number of hydrogen-bond acceptors (Lipinski definition) is 7. The molecule has 332 valence electrons. The molecule has 0 aliphatic rings. The summed E-state index contributed by atoms with van der Waals surface area (Å²) in [6, 6.07) is 0. The Kier molecular flexibility index (Phi) is 38.3. The van der Waals surface area contributed by atoms with Gasteiger partial charge < -0.3 is 23.4 Å². The Labute approximate surface area is 355 Å². The number of nitrogens with zero attached hydrogens (tertiary/aromatic N) is 1. The van der Waals surface area contributed by atoms with Crippen molar-refractivity contribution in [2.75, 3.05) is 47.5 Å². The van der Waals surface area contributed by atoms with Crippen molar-refractivity contribution in [3.05, 3.63) is 72.9 Å². The Bertz CT molecular complexity index is 1180. The molecule has 0 N–H and O–H groups in total. The summed E-state index contributed by atoms with van der Waals surface area (Å²) in [5.41, 5.74) is 0. The number of carbonyl (C=O) groups excluding carboxylic acids is 3. The van der Waals surface area contributed by atoms with Gasteiger partial charge in [0, 0.05) is 20.0 Å². The molecule has 0 rings (SSSR count). The van der Waals surface area contributed by atoms with Crippen LogP contribution in [0.25, 0.3) is 0 Å². The molecule has 0 saturated carbocycles. The van der Waals surface area contributed by atoms with E-state index in [1.54, 1.807) is 0 Å². The second kappa shape index (κ2) is 40.5. The third-order valence-electron chi connectivity index (χ3n) is 9.26. The largest absolute Gasteiger partial charge is 0.462 e. The van der Waals surface area contributed by atoms with Crippen LogP contribution in [0.15, 0.2) is 72.9 Å². The molecule has 2 atom stereocenters. The Hall–Kier alpha value is -3.23. The minimum atomic E-state index is -0.709. The molecule has 0 bridgehead atoms. The SMILES string of the molecule is CC/C=C\C/C=C\C/C=C\C/C=C\C/C=C\C/C=C\CCC(=O)OC(COCCCCCCCCCCCCCCCC)COC(=O)CC(C[N+](C)(C)C)OC(C)=O.